The first-order chi connectivity index (χ1) is 9.10. The molecule has 0 aliphatic carbocycles. The lowest BCUT2D eigenvalue weighted by Crippen LogP contribution is -2.03. The summed E-state index contributed by atoms with van der Waals surface area (Å²) in [5, 5.41) is 3.69. The van der Waals surface area contributed by atoms with Crippen molar-refractivity contribution in [2.75, 3.05) is 12.4 Å². The molecule has 2 nitrogen and oxygen atoms in total. The van der Waals surface area contributed by atoms with Gasteiger partial charge in [-0.1, -0.05) is 17.7 Å². The van der Waals surface area contributed by atoms with Gasteiger partial charge in [-0.3, -0.25) is 0 Å². The fourth-order valence-corrected chi connectivity index (χ4v) is 2.02. The molecule has 1 N–H and O–H groups in total. The smallest absolute Gasteiger partial charge is 0.141 e. The average Bonchev–Trinajstić information content (AvgIpc) is 2.40. The SMILES string of the molecule is COc1ccc(C)cc1NCc1cc(Cl)ccc1F. The summed E-state index contributed by atoms with van der Waals surface area (Å²) in [5.74, 6) is 0.455. The Balaban J connectivity index is 2.18. The van der Waals surface area contributed by atoms with E-state index in [1.54, 1.807) is 13.2 Å². The quantitative estimate of drug-likeness (QED) is 0.895. The summed E-state index contributed by atoms with van der Waals surface area (Å²) in [5.41, 5.74) is 2.47. The van der Waals surface area contributed by atoms with Gasteiger partial charge < -0.3 is 10.1 Å². The second-order valence-corrected chi connectivity index (χ2v) is 4.73. The lowest BCUT2D eigenvalue weighted by Gasteiger charge is -2.12. The van der Waals surface area contributed by atoms with E-state index in [0.717, 1.165) is 17.0 Å². The zero-order valence-corrected chi connectivity index (χ0v) is 11.6. The van der Waals surface area contributed by atoms with E-state index >= 15 is 0 Å². The number of hydrogen-bond acceptors (Lipinski definition) is 2. The van der Waals surface area contributed by atoms with Gasteiger partial charge in [-0.2, -0.15) is 0 Å². The fraction of sp³-hybridized carbons (Fsp3) is 0.200. The van der Waals surface area contributed by atoms with Crippen molar-refractivity contribution < 1.29 is 9.13 Å². The van der Waals surface area contributed by atoms with Gasteiger partial charge in [0.05, 0.1) is 12.8 Å². The molecule has 0 atom stereocenters. The molecule has 0 heterocycles. The predicted molar refractivity (Wildman–Crippen MR) is 76.5 cm³/mol. The van der Waals surface area contributed by atoms with Gasteiger partial charge in [-0.25, -0.2) is 4.39 Å². The van der Waals surface area contributed by atoms with Crippen LogP contribution in [0.3, 0.4) is 0 Å². The van der Waals surface area contributed by atoms with Crippen molar-refractivity contribution in [2.24, 2.45) is 0 Å². The highest BCUT2D eigenvalue weighted by Crippen LogP contribution is 2.26. The Morgan fingerprint density at radius 1 is 1.21 bits per heavy atom. The summed E-state index contributed by atoms with van der Waals surface area (Å²) in [6, 6.07) is 10.3. The Bertz CT molecular complexity index is 586. The molecular formula is C15H15ClFNO. The normalized spacial score (nSPS) is 10.3. The minimum atomic E-state index is -0.275. The van der Waals surface area contributed by atoms with Gasteiger partial charge in [0.15, 0.2) is 0 Å². The van der Waals surface area contributed by atoms with E-state index in [0.29, 0.717) is 17.1 Å². The van der Waals surface area contributed by atoms with Crippen LogP contribution in [0.4, 0.5) is 10.1 Å². The van der Waals surface area contributed by atoms with E-state index < -0.39 is 0 Å². The number of aryl methyl sites for hydroxylation is 1. The van der Waals surface area contributed by atoms with E-state index in [1.165, 1.54) is 12.1 Å². The number of rotatable bonds is 4. The summed E-state index contributed by atoms with van der Waals surface area (Å²) in [7, 11) is 1.61. The molecule has 0 aliphatic rings. The maximum absolute atomic E-state index is 13.6. The molecule has 4 heteroatoms. The predicted octanol–water partition coefficient (Wildman–Crippen LogP) is 4.41. The van der Waals surface area contributed by atoms with Gasteiger partial charge in [0, 0.05) is 17.1 Å². The van der Waals surface area contributed by atoms with Crippen LogP contribution >= 0.6 is 11.6 Å². The minimum absolute atomic E-state index is 0.275. The van der Waals surface area contributed by atoms with Crippen molar-refractivity contribution in [3.63, 3.8) is 0 Å². The molecule has 2 rings (SSSR count). The summed E-state index contributed by atoms with van der Waals surface area (Å²) in [6.45, 7) is 2.34. The van der Waals surface area contributed by atoms with E-state index in [2.05, 4.69) is 5.32 Å². The van der Waals surface area contributed by atoms with Crippen molar-refractivity contribution >= 4 is 17.3 Å². The van der Waals surface area contributed by atoms with Gasteiger partial charge in [0.2, 0.25) is 0 Å². The molecule has 0 saturated heterocycles. The van der Waals surface area contributed by atoms with Gasteiger partial charge in [0.1, 0.15) is 11.6 Å². The average molecular weight is 280 g/mol. The molecule has 0 aliphatic heterocycles. The van der Waals surface area contributed by atoms with Crippen LogP contribution in [0.2, 0.25) is 5.02 Å². The van der Waals surface area contributed by atoms with Crippen molar-refractivity contribution in [2.45, 2.75) is 13.5 Å². The first kappa shape index (κ1) is 13.7. The van der Waals surface area contributed by atoms with Crippen LogP contribution in [0.25, 0.3) is 0 Å². The van der Waals surface area contributed by atoms with Crippen molar-refractivity contribution in [3.8, 4) is 5.75 Å². The van der Waals surface area contributed by atoms with Gasteiger partial charge in [-0.15, -0.1) is 0 Å². The third-order valence-electron chi connectivity index (χ3n) is 2.83. The lowest BCUT2D eigenvalue weighted by atomic mass is 10.1. The molecule has 0 fully saturated rings. The second kappa shape index (κ2) is 5.93. The van der Waals surface area contributed by atoms with Crippen molar-refractivity contribution in [3.05, 3.63) is 58.4 Å². The van der Waals surface area contributed by atoms with Crippen LogP contribution in [-0.2, 0) is 6.54 Å². The number of halogens is 2. The van der Waals surface area contributed by atoms with Gasteiger partial charge >= 0.3 is 0 Å². The number of hydrogen-bond donors (Lipinski definition) is 1. The largest absolute Gasteiger partial charge is 0.495 e. The first-order valence-corrected chi connectivity index (χ1v) is 6.30. The number of ether oxygens (including phenoxy) is 1. The molecule has 19 heavy (non-hydrogen) atoms. The van der Waals surface area contributed by atoms with Crippen molar-refractivity contribution in [1.82, 2.24) is 0 Å². The minimum Gasteiger partial charge on any atom is -0.495 e. The summed E-state index contributed by atoms with van der Waals surface area (Å²) in [6.07, 6.45) is 0. The summed E-state index contributed by atoms with van der Waals surface area (Å²) < 4.78 is 18.9. The molecule has 0 spiro atoms. The molecule has 0 radical (unpaired) electrons. The van der Waals surface area contributed by atoms with E-state index in [-0.39, 0.29) is 5.82 Å². The Kier molecular flexibility index (Phi) is 4.27. The lowest BCUT2D eigenvalue weighted by molar-refractivity contribution is 0.416. The Labute approximate surface area is 117 Å². The fourth-order valence-electron chi connectivity index (χ4n) is 1.83. The maximum Gasteiger partial charge on any atom is 0.141 e. The van der Waals surface area contributed by atoms with Crippen LogP contribution in [0.5, 0.6) is 5.75 Å². The van der Waals surface area contributed by atoms with Gasteiger partial charge in [-0.05, 0) is 42.8 Å². The summed E-state index contributed by atoms with van der Waals surface area (Å²) >= 11 is 5.86. The van der Waals surface area contributed by atoms with Crippen LogP contribution in [0.15, 0.2) is 36.4 Å². The van der Waals surface area contributed by atoms with Gasteiger partial charge in [0.25, 0.3) is 0 Å². The maximum atomic E-state index is 13.6. The van der Waals surface area contributed by atoms with Crippen molar-refractivity contribution in [1.29, 1.82) is 0 Å². The number of anilines is 1. The van der Waals surface area contributed by atoms with E-state index in [1.807, 2.05) is 25.1 Å². The number of methoxy groups -OCH3 is 1. The highest BCUT2D eigenvalue weighted by Gasteiger charge is 2.06. The molecule has 0 saturated carbocycles. The zero-order chi connectivity index (χ0) is 13.8. The Morgan fingerprint density at radius 3 is 2.74 bits per heavy atom. The monoisotopic (exact) mass is 279 g/mol. The highest BCUT2D eigenvalue weighted by atomic mass is 35.5. The molecule has 0 aromatic heterocycles. The third kappa shape index (κ3) is 3.38. The third-order valence-corrected chi connectivity index (χ3v) is 3.07. The summed E-state index contributed by atoms with van der Waals surface area (Å²) in [4.78, 5) is 0. The van der Waals surface area contributed by atoms with Crippen LogP contribution in [0, 0.1) is 12.7 Å². The number of nitrogens with one attached hydrogen (secondary N) is 1. The zero-order valence-electron chi connectivity index (χ0n) is 10.8. The standard InChI is InChI=1S/C15H15ClFNO/c1-10-3-6-15(19-2)14(7-10)18-9-11-8-12(16)4-5-13(11)17/h3-8,18H,9H2,1-2H3. The molecule has 0 bridgehead atoms. The molecular weight excluding hydrogens is 265 g/mol. The topological polar surface area (TPSA) is 21.3 Å². The molecule has 0 amide bonds. The Morgan fingerprint density at radius 2 is 2.00 bits per heavy atom. The highest BCUT2D eigenvalue weighted by molar-refractivity contribution is 6.30. The van der Waals surface area contributed by atoms with Crippen LogP contribution in [-0.4, -0.2) is 7.11 Å². The van der Waals surface area contributed by atoms with Crippen LogP contribution in [0.1, 0.15) is 11.1 Å². The Hall–Kier alpha value is -1.74. The first-order valence-electron chi connectivity index (χ1n) is 5.92. The van der Waals surface area contributed by atoms with E-state index in [9.17, 15) is 4.39 Å². The van der Waals surface area contributed by atoms with E-state index in [4.69, 9.17) is 16.3 Å². The molecule has 0 unspecified atom stereocenters. The number of benzene rings is 2. The second-order valence-electron chi connectivity index (χ2n) is 4.29. The molecule has 2 aromatic rings. The molecule has 2 aromatic carbocycles. The van der Waals surface area contributed by atoms with Crippen LogP contribution < -0.4 is 10.1 Å². The molecule has 100 valence electrons.